The smallest absolute Gasteiger partial charge is 0.318 e. The average molecular weight is 420 g/mol. The van der Waals surface area contributed by atoms with E-state index in [1.54, 1.807) is 4.90 Å². The fourth-order valence-corrected chi connectivity index (χ4v) is 3.98. The van der Waals surface area contributed by atoms with Crippen LogP contribution in [0.15, 0.2) is 59.4 Å². The van der Waals surface area contributed by atoms with Gasteiger partial charge in [-0.25, -0.2) is 4.79 Å². The Morgan fingerprint density at radius 2 is 2.00 bits per heavy atom. The predicted octanol–water partition coefficient (Wildman–Crippen LogP) is 3.98. The van der Waals surface area contributed by atoms with E-state index in [2.05, 4.69) is 23.3 Å². The standard InChI is InChI=1S/C25H29N3O3/c1-2-18-10-11-23-20(13-18)14-21(24(29)27-23)16-28(17-22-9-6-12-31-22)25(30)26-15-19-7-4-3-5-8-19/h3-5,7-8,10-11,13-14,22H,2,6,9,12,15-17H2,1H3,(H,26,30)(H,27,29). The number of aromatic nitrogens is 1. The minimum Gasteiger partial charge on any atom is -0.376 e. The number of rotatable bonds is 7. The lowest BCUT2D eigenvalue weighted by molar-refractivity contribution is 0.0793. The molecule has 1 unspecified atom stereocenters. The first-order valence-electron chi connectivity index (χ1n) is 11.0. The van der Waals surface area contributed by atoms with Crippen LogP contribution < -0.4 is 10.9 Å². The molecule has 0 spiro atoms. The van der Waals surface area contributed by atoms with Crippen molar-refractivity contribution in [3.05, 3.63) is 81.6 Å². The lowest BCUT2D eigenvalue weighted by Crippen LogP contribution is -2.43. The second kappa shape index (κ2) is 9.79. The van der Waals surface area contributed by atoms with Gasteiger partial charge in [-0.05, 0) is 54.0 Å². The quantitative estimate of drug-likeness (QED) is 0.608. The number of hydrogen-bond acceptors (Lipinski definition) is 3. The Kier molecular flexibility index (Phi) is 6.67. The van der Waals surface area contributed by atoms with Gasteiger partial charge in [-0.1, -0.05) is 43.3 Å². The summed E-state index contributed by atoms with van der Waals surface area (Å²) >= 11 is 0. The van der Waals surface area contributed by atoms with Crippen LogP contribution in [0.25, 0.3) is 10.9 Å². The van der Waals surface area contributed by atoms with Crippen molar-refractivity contribution in [3.8, 4) is 0 Å². The van der Waals surface area contributed by atoms with Crippen LogP contribution in [-0.2, 0) is 24.2 Å². The van der Waals surface area contributed by atoms with Crippen LogP contribution in [0, 0.1) is 0 Å². The maximum atomic E-state index is 13.0. The Labute approximate surface area is 182 Å². The van der Waals surface area contributed by atoms with E-state index < -0.39 is 0 Å². The van der Waals surface area contributed by atoms with Gasteiger partial charge in [-0.2, -0.15) is 0 Å². The zero-order valence-electron chi connectivity index (χ0n) is 17.9. The molecule has 31 heavy (non-hydrogen) atoms. The number of benzene rings is 2. The van der Waals surface area contributed by atoms with Crippen molar-refractivity contribution >= 4 is 16.9 Å². The molecule has 2 aromatic carbocycles. The normalized spacial score (nSPS) is 15.8. The number of fused-ring (bicyclic) bond motifs is 1. The molecule has 6 heteroatoms. The Morgan fingerprint density at radius 1 is 1.16 bits per heavy atom. The highest BCUT2D eigenvalue weighted by molar-refractivity contribution is 5.80. The maximum Gasteiger partial charge on any atom is 0.318 e. The van der Waals surface area contributed by atoms with E-state index in [9.17, 15) is 9.59 Å². The summed E-state index contributed by atoms with van der Waals surface area (Å²) in [6.45, 7) is 3.97. The maximum absolute atomic E-state index is 13.0. The second-order valence-electron chi connectivity index (χ2n) is 8.06. The molecule has 1 fully saturated rings. The summed E-state index contributed by atoms with van der Waals surface area (Å²) in [5.41, 5.74) is 3.47. The number of urea groups is 1. The van der Waals surface area contributed by atoms with Crippen molar-refractivity contribution in [2.75, 3.05) is 13.2 Å². The van der Waals surface area contributed by atoms with Gasteiger partial charge in [0.25, 0.3) is 5.56 Å². The van der Waals surface area contributed by atoms with Gasteiger partial charge in [0.15, 0.2) is 0 Å². The number of hydrogen-bond donors (Lipinski definition) is 2. The number of pyridine rings is 1. The molecule has 2 N–H and O–H groups in total. The minimum atomic E-state index is -0.193. The summed E-state index contributed by atoms with van der Waals surface area (Å²) in [6, 6.07) is 17.6. The van der Waals surface area contributed by atoms with Gasteiger partial charge in [-0.15, -0.1) is 0 Å². The molecular weight excluding hydrogens is 390 g/mol. The molecule has 0 aliphatic carbocycles. The van der Waals surface area contributed by atoms with Crippen molar-refractivity contribution in [1.29, 1.82) is 0 Å². The average Bonchev–Trinajstić information content (AvgIpc) is 3.31. The first kappa shape index (κ1) is 21.1. The van der Waals surface area contributed by atoms with Gasteiger partial charge < -0.3 is 19.9 Å². The van der Waals surface area contributed by atoms with Crippen molar-refractivity contribution in [1.82, 2.24) is 15.2 Å². The number of carbonyl (C=O) groups excluding carboxylic acids is 1. The monoisotopic (exact) mass is 419 g/mol. The molecule has 2 amide bonds. The van der Waals surface area contributed by atoms with Crippen LogP contribution >= 0.6 is 0 Å². The van der Waals surface area contributed by atoms with Gasteiger partial charge in [0, 0.05) is 30.8 Å². The Hall–Kier alpha value is -3.12. The summed E-state index contributed by atoms with van der Waals surface area (Å²) in [5.74, 6) is 0. The SMILES string of the molecule is CCc1ccc2[nH]c(=O)c(CN(CC3CCCO3)C(=O)NCc3ccccc3)cc2c1. The van der Waals surface area contributed by atoms with E-state index in [-0.39, 0.29) is 24.2 Å². The van der Waals surface area contributed by atoms with Gasteiger partial charge in [0.05, 0.1) is 12.6 Å². The fourth-order valence-electron chi connectivity index (χ4n) is 3.98. The second-order valence-corrected chi connectivity index (χ2v) is 8.06. The van der Waals surface area contributed by atoms with E-state index >= 15 is 0 Å². The van der Waals surface area contributed by atoms with E-state index in [0.29, 0.717) is 18.7 Å². The van der Waals surface area contributed by atoms with E-state index in [0.717, 1.165) is 42.3 Å². The van der Waals surface area contributed by atoms with Gasteiger partial charge in [0.2, 0.25) is 0 Å². The number of amides is 2. The zero-order chi connectivity index (χ0) is 21.6. The predicted molar refractivity (Wildman–Crippen MR) is 122 cm³/mol. The third-order valence-electron chi connectivity index (χ3n) is 5.78. The third-order valence-corrected chi connectivity index (χ3v) is 5.78. The van der Waals surface area contributed by atoms with Crippen LogP contribution in [0.4, 0.5) is 4.79 Å². The molecule has 0 radical (unpaired) electrons. The lowest BCUT2D eigenvalue weighted by atomic mass is 10.1. The van der Waals surface area contributed by atoms with Gasteiger partial charge in [0.1, 0.15) is 0 Å². The van der Waals surface area contributed by atoms with Crippen LogP contribution in [0.3, 0.4) is 0 Å². The van der Waals surface area contributed by atoms with E-state index in [4.69, 9.17) is 4.74 Å². The highest BCUT2D eigenvalue weighted by Gasteiger charge is 2.23. The summed E-state index contributed by atoms with van der Waals surface area (Å²) < 4.78 is 5.76. The van der Waals surface area contributed by atoms with Crippen LogP contribution in [0.5, 0.6) is 0 Å². The fraction of sp³-hybridized carbons (Fsp3) is 0.360. The Bertz CT molecular complexity index is 1090. The zero-order valence-corrected chi connectivity index (χ0v) is 17.9. The van der Waals surface area contributed by atoms with E-state index in [1.165, 1.54) is 5.56 Å². The topological polar surface area (TPSA) is 74.4 Å². The highest BCUT2D eigenvalue weighted by atomic mass is 16.5. The summed E-state index contributed by atoms with van der Waals surface area (Å²) in [5, 5.41) is 3.97. The van der Waals surface area contributed by atoms with Crippen LogP contribution in [0.1, 0.15) is 36.5 Å². The third kappa shape index (κ3) is 5.33. The molecule has 1 aromatic heterocycles. The summed E-state index contributed by atoms with van der Waals surface area (Å²) in [4.78, 5) is 30.4. The largest absolute Gasteiger partial charge is 0.376 e. The molecule has 1 aliphatic heterocycles. The molecule has 162 valence electrons. The molecular formula is C25H29N3O3. The number of ether oxygens (including phenoxy) is 1. The van der Waals surface area contributed by atoms with Crippen LogP contribution in [0.2, 0.25) is 0 Å². The molecule has 2 heterocycles. The van der Waals surface area contributed by atoms with Crippen molar-refractivity contribution in [2.45, 2.75) is 45.4 Å². The minimum absolute atomic E-state index is 0.00806. The number of nitrogens with one attached hydrogen (secondary N) is 2. The highest BCUT2D eigenvalue weighted by Crippen LogP contribution is 2.17. The number of nitrogens with zero attached hydrogens (tertiary/aromatic N) is 1. The summed E-state index contributed by atoms with van der Waals surface area (Å²) in [6.07, 6.45) is 2.86. The molecule has 0 bridgehead atoms. The summed E-state index contributed by atoms with van der Waals surface area (Å²) in [7, 11) is 0. The first-order valence-corrected chi connectivity index (χ1v) is 11.0. The van der Waals surface area contributed by atoms with Crippen molar-refractivity contribution in [3.63, 3.8) is 0 Å². The number of carbonyl (C=O) groups is 1. The van der Waals surface area contributed by atoms with E-state index in [1.807, 2.05) is 48.5 Å². The molecule has 4 rings (SSSR count). The van der Waals surface area contributed by atoms with Crippen LogP contribution in [-0.4, -0.2) is 35.2 Å². The number of H-pyrrole nitrogens is 1. The molecule has 0 saturated carbocycles. The molecule has 1 saturated heterocycles. The Balaban J connectivity index is 1.55. The number of aryl methyl sites for hydroxylation is 1. The molecule has 1 atom stereocenters. The lowest BCUT2D eigenvalue weighted by Gasteiger charge is -2.26. The van der Waals surface area contributed by atoms with Crippen molar-refractivity contribution < 1.29 is 9.53 Å². The molecule has 6 nitrogen and oxygen atoms in total. The first-order chi connectivity index (χ1) is 15.1. The number of aromatic amines is 1. The van der Waals surface area contributed by atoms with Gasteiger partial charge >= 0.3 is 6.03 Å². The van der Waals surface area contributed by atoms with Gasteiger partial charge in [-0.3, -0.25) is 4.79 Å². The molecule has 3 aromatic rings. The van der Waals surface area contributed by atoms with Crippen molar-refractivity contribution in [2.24, 2.45) is 0 Å². The Morgan fingerprint density at radius 3 is 2.74 bits per heavy atom. The molecule has 1 aliphatic rings.